The summed E-state index contributed by atoms with van der Waals surface area (Å²) < 4.78 is 22.1. The first-order chi connectivity index (χ1) is 7.97. The van der Waals surface area contributed by atoms with Crippen LogP contribution in [0, 0.1) is 0 Å². The van der Waals surface area contributed by atoms with Gasteiger partial charge in [0.25, 0.3) is 0 Å². The van der Waals surface area contributed by atoms with E-state index >= 15 is 0 Å². The Bertz CT molecular complexity index is 298. The van der Waals surface area contributed by atoms with Crippen molar-refractivity contribution in [2.75, 3.05) is 38.2 Å². The van der Waals surface area contributed by atoms with Crippen LogP contribution in [0.15, 0.2) is 0 Å². The second-order valence-corrected chi connectivity index (χ2v) is 7.39. The molecule has 1 heterocycles. The molecule has 0 aromatic carbocycles. The quantitative estimate of drug-likeness (QED) is 0.692. The summed E-state index contributed by atoms with van der Waals surface area (Å²) in [6.07, 6.45) is 6.43. The molecule has 1 saturated heterocycles. The first-order valence-electron chi connectivity index (χ1n) is 6.61. The fourth-order valence-corrected chi connectivity index (χ4v) is 3.37. The van der Waals surface area contributed by atoms with E-state index in [9.17, 15) is 8.42 Å². The van der Waals surface area contributed by atoms with E-state index in [1.807, 2.05) is 6.92 Å². The lowest BCUT2D eigenvalue weighted by atomic mass is 10.1. The Morgan fingerprint density at radius 3 is 2.47 bits per heavy atom. The molecule has 0 amide bonds. The van der Waals surface area contributed by atoms with E-state index in [0.717, 1.165) is 19.5 Å². The fourth-order valence-electron chi connectivity index (χ4n) is 2.35. The van der Waals surface area contributed by atoms with E-state index in [1.54, 1.807) is 0 Å². The standard InChI is InChI=1S/C12H26N2O2S/c1-12(11-17(2,15)16)13-7-6-10-14-8-4-3-5-9-14/h12-13H,3-11H2,1-2H3. The van der Waals surface area contributed by atoms with Crippen molar-refractivity contribution in [2.24, 2.45) is 0 Å². The first-order valence-corrected chi connectivity index (χ1v) is 8.67. The SMILES string of the molecule is CC(CS(C)(=O)=O)NCCCN1CCCCC1. The maximum Gasteiger partial charge on any atom is 0.148 e. The Morgan fingerprint density at radius 2 is 1.88 bits per heavy atom. The molecule has 1 fully saturated rings. The maximum absolute atomic E-state index is 11.1. The van der Waals surface area contributed by atoms with Crippen LogP contribution in [0.2, 0.25) is 0 Å². The molecule has 0 bridgehead atoms. The van der Waals surface area contributed by atoms with E-state index in [0.29, 0.717) is 0 Å². The van der Waals surface area contributed by atoms with Gasteiger partial charge >= 0.3 is 0 Å². The molecule has 1 rings (SSSR count). The van der Waals surface area contributed by atoms with E-state index in [2.05, 4.69) is 10.2 Å². The molecule has 0 aromatic heterocycles. The molecular formula is C12H26N2O2S. The van der Waals surface area contributed by atoms with E-state index in [1.165, 1.54) is 38.6 Å². The Labute approximate surface area is 106 Å². The van der Waals surface area contributed by atoms with Gasteiger partial charge in [0.2, 0.25) is 0 Å². The van der Waals surface area contributed by atoms with Gasteiger partial charge in [0, 0.05) is 12.3 Å². The molecule has 1 atom stereocenters. The zero-order valence-electron chi connectivity index (χ0n) is 11.1. The van der Waals surface area contributed by atoms with E-state index in [-0.39, 0.29) is 11.8 Å². The normalized spacial score (nSPS) is 20.4. The third-order valence-corrected chi connectivity index (χ3v) is 4.25. The van der Waals surface area contributed by atoms with Crippen molar-refractivity contribution in [3.63, 3.8) is 0 Å². The predicted molar refractivity (Wildman–Crippen MR) is 72.1 cm³/mol. The molecule has 1 aliphatic heterocycles. The topological polar surface area (TPSA) is 49.4 Å². The lowest BCUT2D eigenvalue weighted by molar-refractivity contribution is 0.225. The van der Waals surface area contributed by atoms with Crippen LogP contribution >= 0.6 is 0 Å². The summed E-state index contributed by atoms with van der Waals surface area (Å²) in [5.41, 5.74) is 0. The maximum atomic E-state index is 11.1. The van der Waals surface area contributed by atoms with Gasteiger partial charge in [0.1, 0.15) is 9.84 Å². The van der Waals surface area contributed by atoms with Gasteiger partial charge in [-0.15, -0.1) is 0 Å². The van der Waals surface area contributed by atoms with Crippen molar-refractivity contribution >= 4 is 9.84 Å². The highest BCUT2D eigenvalue weighted by molar-refractivity contribution is 7.90. The monoisotopic (exact) mass is 262 g/mol. The van der Waals surface area contributed by atoms with Gasteiger partial charge in [-0.05, 0) is 52.4 Å². The van der Waals surface area contributed by atoms with Gasteiger partial charge in [0.15, 0.2) is 0 Å². The van der Waals surface area contributed by atoms with Crippen LogP contribution in [0.4, 0.5) is 0 Å². The molecule has 0 aromatic rings. The molecule has 0 radical (unpaired) electrons. The first kappa shape index (κ1) is 14.9. The summed E-state index contributed by atoms with van der Waals surface area (Å²) >= 11 is 0. The Hall–Kier alpha value is -0.130. The van der Waals surface area contributed by atoms with Crippen LogP contribution in [-0.4, -0.2) is 57.5 Å². The summed E-state index contributed by atoms with van der Waals surface area (Å²) in [4.78, 5) is 2.51. The number of piperidine rings is 1. The average Bonchev–Trinajstić information content (AvgIpc) is 2.23. The van der Waals surface area contributed by atoms with Crippen LogP contribution in [0.25, 0.3) is 0 Å². The summed E-state index contributed by atoms with van der Waals surface area (Å²) in [6, 6.07) is 0.0614. The number of nitrogens with zero attached hydrogens (tertiary/aromatic N) is 1. The van der Waals surface area contributed by atoms with Crippen molar-refractivity contribution in [2.45, 2.75) is 38.6 Å². The highest BCUT2D eigenvalue weighted by Crippen LogP contribution is 2.08. The zero-order valence-corrected chi connectivity index (χ0v) is 11.9. The van der Waals surface area contributed by atoms with Crippen molar-refractivity contribution < 1.29 is 8.42 Å². The van der Waals surface area contributed by atoms with Gasteiger partial charge in [-0.1, -0.05) is 6.42 Å². The number of sulfone groups is 1. The van der Waals surface area contributed by atoms with Gasteiger partial charge in [-0.3, -0.25) is 0 Å². The number of hydrogen-bond acceptors (Lipinski definition) is 4. The molecule has 4 nitrogen and oxygen atoms in total. The van der Waals surface area contributed by atoms with Gasteiger partial charge < -0.3 is 10.2 Å². The van der Waals surface area contributed by atoms with Gasteiger partial charge in [0.05, 0.1) is 5.75 Å². The molecule has 1 unspecified atom stereocenters. The van der Waals surface area contributed by atoms with Crippen molar-refractivity contribution in [1.82, 2.24) is 10.2 Å². The lowest BCUT2D eigenvalue weighted by Gasteiger charge is -2.26. The van der Waals surface area contributed by atoms with Crippen LogP contribution in [-0.2, 0) is 9.84 Å². The molecule has 0 aliphatic carbocycles. The molecule has 0 spiro atoms. The van der Waals surface area contributed by atoms with Crippen LogP contribution in [0.5, 0.6) is 0 Å². The molecule has 0 saturated carbocycles. The number of likely N-dealkylation sites (tertiary alicyclic amines) is 1. The van der Waals surface area contributed by atoms with E-state index < -0.39 is 9.84 Å². The minimum atomic E-state index is -2.85. The van der Waals surface area contributed by atoms with Crippen LogP contribution < -0.4 is 5.32 Å². The average molecular weight is 262 g/mol. The largest absolute Gasteiger partial charge is 0.313 e. The van der Waals surface area contributed by atoms with Crippen LogP contribution in [0.3, 0.4) is 0 Å². The van der Waals surface area contributed by atoms with Gasteiger partial charge in [-0.2, -0.15) is 0 Å². The summed E-state index contributed by atoms with van der Waals surface area (Å²) in [7, 11) is -2.85. The minimum absolute atomic E-state index is 0.0614. The Balaban J connectivity index is 2.03. The minimum Gasteiger partial charge on any atom is -0.313 e. The van der Waals surface area contributed by atoms with Crippen LogP contribution in [0.1, 0.15) is 32.6 Å². The number of rotatable bonds is 7. The molecule has 17 heavy (non-hydrogen) atoms. The second kappa shape index (κ2) is 7.34. The van der Waals surface area contributed by atoms with Crippen molar-refractivity contribution in [3.8, 4) is 0 Å². The van der Waals surface area contributed by atoms with Gasteiger partial charge in [-0.25, -0.2) is 8.42 Å². The summed E-state index contributed by atoms with van der Waals surface area (Å²) in [5, 5.41) is 3.27. The molecular weight excluding hydrogens is 236 g/mol. The zero-order chi connectivity index (χ0) is 12.7. The Kier molecular flexibility index (Phi) is 6.44. The smallest absolute Gasteiger partial charge is 0.148 e. The summed E-state index contributed by atoms with van der Waals surface area (Å²) in [5.74, 6) is 0.233. The second-order valence-electron chi connectivity index (χ2n) is 5.20. The third-order valence-electron chi connectivity index (χ3n) is 3.15. The Morgan fingerprint density at radius 1 is 1.24 bits per heavy atom. The van der Waals surface area contributed by atoms with E-state index in [4.69, 9.17) is 0 Å². The third kappa shape index (κ3) is 7.73. The van der Waals surface area contributed by atoms with Crippen molar-refractivity contribution in [1.29, 1.82) is 0 Å². The molecule has 1 N–H and O–H groups in total. The summed E-state index contributed by atoms with van der Waals surface area (Å²) in [6.45, 7) is 6.45. The molecule has 5 heteroatoms. The predicted octanol–water partition coefficient (Wildman–Crippen LogP) is 0.885. The molecule has 1 aliphatic rings. The highest BCUT2D eigenvalue weighted by atomic mass is 32.2. The highest BCUT2D eigenvalue weighted by Gasteiger charge is 2.11. The number of hydrogen-bond donors (Lipinski definition) is 1. The lowest BCUT2D eigenvalue weighted by Crippen LogP contribution is -2.36. The molecule has 102 valence electrons. The van der Waals surface area contributed by atoms with Crippen molar-refractivity contribution in [3.05, 3.63) is 0 Å². The number of nitrogens with one attached hydrogen (secondary N) is 1. The fraction of sp³-hybridized carbons (Fsp3) is 1.00.